The molecule has 2 atom stereocenters. The predicted octanol–water partition coefficient (Wildman–Crippen LogP) is 1.60. The smallest absolute Gasteiger partial charge is 0.254 e. The van der Waals surface area contributed by atoms with E-state index in [1.807, 2.05) is 19.9 Å². The van der Waals surface area contributed by atoms with E-state index in [-0.39, 0.29) is 22.5 Å². The van der Waals surface area contributed by atoms with Gasteiger partial charge in [0.2, 0.25) is 0 Å². The Bertz CT molecular complexity index is 656. The van der Waals surface area contributed by atoms with Gasteiger partial charge in [-0.15, -0.1) is 4.83 Å². The molecule has 0 spiro atoms. The molecule has 0 radical (unpaired) electrons. The van der Waals surface area contributed by atoms with Crippen molar-refractivity contribution in [3.63, 3.8) is 0 Å². The highest BCUT2D eigenvalue weighted by Gasteiger charge is 2.30. The van der Waals surface area contributed by atoms with Crippen molar-refractivity contribution in [1.82, 2.24) is 9.84 Å². The van der Waals surface area contributed by atoms with Crippen LogP contribution in [0.4, 0.5) is 5.69 Å². The van der Waals surface area contributed by atoms with Crippen molar-refractivity contribution in [3.8, 4) is 6.07 Å². The van der Waals surface area contributed by atoms with Gasteiger partial charge in [0.25, 0.3) is 10.0 Å². The fraction of sp³-hybridized carbons (Fsp3) is 0.500. The Kier molecular flexibility index (Phi) is 4.52. The molecule has 1 aromatic carbocycles. The topological polar surface area (TPSA) is 99.2 Å². The van der Waals surface area contributed by atoms with Crippen LogP contribution in [0, 0.1) is 11.3 Å². The molecule has 1 heterocycles. The summed E-state index contributed by atoms with van der Waals surface area (Å²) in [6.45, 7) is 3.98. The Labute approximate surface area is 125 Å². The van der Waals surface area contributed by atoms with E-state index < -0.39 is 10.0 Å². The van der Waals surface area contributed by atoms with Gasteiger partial charge in [-0.1, -0.05) is 6.42 Å². The second-order valence-electron chi connectivity index (χ2n) is 5.50. The van der Waals surface area contributed by atoms with Crippen LogP contribution in [-0.4, -0.2) is 25.5 Å². The molecule has 0 aromatic heterocycles. The Morgan fingerprint density at radius 1 is 1.33 bits per heavy atom. The van der Waals surface area contributed by atoms with Crippen LogP contribution in [0.5, 0.6) is 0 Å². The Morgan fingerprint density at radius 3 is 2.52 bits per heavy atom. The molecule has 6 nitrogen and oxygen atoms in total. The van der Waals surface area contributed by atoms with Gasteiger partial charge in [0.1, 0.15) is 11.0 Å². The van der Waals surface area contributed by atoms with Crippen molar-refractivity contribution in [2.75, 3.05) is 5.73 Å². The maximum absolute atomic E-state index is 12.5. The van der Waals surface area contributed by atoms with E-state index in [4.69, 9.17) is 11.0 Å². The molecular weight excluding hydrogens is 288 g/mol. The summed E-state index contributed by atoms with van der Waals surface area (Å²) in [7, 11) is -3.79. The molecule has 1 aromatic rings. The zero-order chi connectivity index (χ0) is 15.6. The molecule has 7 heteroatoms. The third-order valence-electron chi connectivity index (χ3n) is 3.83. The summed E-state index contributed by atoms with van der Waals surface area (Å²) in [4.78, 5) is 2.58. The zero-order valence-corrected chi connectivity index (χ0v) is 13.0. The molecule has 1 fully saturated rings. The number of piperidine rings is 1. The molecule has 0 amide bonds. The van der Waals surface area contributed by atoms with Gasteiger partial charge in [0, 0.05) is 17.8 Å². The van der Waals surface area contributed by atoms with Crippen molar-refractivity contribution in [2.45, 2.75) is 50.1 Å². The SMILES string of the molecule is CC1CCCC(C)N1NS(=O)(=O)c1ccc(N)cc1C#N. The maximum atomic E-state index is 12.5. The normalized spacial score (nSPS) is 23.7. The number of nitrogens with zero attached hydrogens (tertiary/aromatic N) is 2. The first-order valence-electron chi connectivity index (χ1n) is 6.95. The monoisotopic (exact) mass is 308 g/mol. The van der Waals surface area contributed by atoms with Gasteiger partial charge >= 0.3 is 0 Å². The van der Waals surface area contributed by atoms with Crippen LogP contribution < -0.4 is 10.6 Å². The summed E-state index contributed by atoms with van der Waals surface area (Å²) in [6.07, 6.45) is 2.98. The van der Waals surface area contributed by atoms with Crippen LogP contribution in [0.25, 0.3) is 0 Å². The minimum Gasteiger partial charge on any atom is -0.399 e. The van der Waals surface area contributed by atoms with Crippen molar-refractivity contribution in [1.29, 1.82) is 5.26 Å². The van der Waals surface area contributed by atoms with E-state index in [0.717, 1.165) is 19.3 Å². The van der Waals surface area contributed by atoms with Crippen molar-refractivity contribution >= 4 is 15.7 Å². The molecule has 1 aliphatic heterocycles. The van der Waals surface area contributed by atoms with Gasteiger partial charge in [-0.05, 0) is 44.9 Å². The molecule has 0 bridgehead atoms. The average Bonchev–Trinajstić information content (AvgIpc) is 2.42. The Morgan fingerprint density at radius 2 is 1.95 bits per heavy atom. The van der Waals surface area contributed by atoms with Crippen LogP contribution >= 0.6 is 0 Å². The maximum Gasteiger partial charge on any atom is 0.254 e. The number of anilines is 1. The molecule has 114 valence electrons. The fourth-order valence-electron chi connectivity index (χ4n) is 2.66. The summed E-state index contributed by atoms with van der Waals surface area (Å²) in [5, 5.41) is 10.9. The third-order valence-corrected chi connectivity index (χ3v) is 5.22. The van der Waals surface area contributed by atoms with Gasteiger partial charge in [-0.25, -0.2) is 13.4 Å². The summed E-state index contributed by atoms with van der Waals surface area (Å²) in [6, 6.07) is 6.37. The van der Waals surface area contributed by atoms with E-state index in [1.54, 1.807) is 5.01 Å². The number of sulfonamides is 1. The number of hydrogen-bond acceptors (Lipinski definition) is 5. The molecule has 0 saturated carbocycles. The lowest BCUT2D eigenvalue weighted by Gasteiger charge is -2.38. The summed E-state index contributed by atoms with van der Waals surface area (Å²) >= 11 is 0. The first-order chi connectivity index (χ1) is 9.85. The molecule has 2 unspecified atom stereocenters. The van der Waals surface area contributed by atoms with Crippen LogP contribution in [0.2, 0.25) is 0 Å². The van der Waals surface area contributed by atoms with E-state index in [1.165, 1.54) is 18.2 Å². The molecule has 1 aliphatic rings. The number of nitrogens with two attached hydrogens (primary N) is 1. The van der Waals surface area contributed by atoms with Gasteiger partial charge in [-0.3, -0.25) is 0 Å². The van der Waals surface area contributed by atoms with Gasteiger partial charge in [0.05, 0.1) is 5.56 Å². The molecule has 3 N–H and O–H groups in total. The number of benzene rings is 1. The molecule has 2 rings (SSSR count). The van der Waals surface area contributed by atoms with E-state index in [2.05, 4.69) is 4.83 Å². The predicted molar refractivity (Wildman–Crippen MR) is 80.5 cm³/mol. The molecule has 0 aliphatic carbocycles. The lowest BCUT2D eigenvalue weighted by atomic mass is 10.0. The quantitative estimate of drug-likeness (QED) is 0.826. The van der Waals surface area contributed by atoms with Crippen LogP contribution in [0.15, 0.2) is 23.1 Å². The summed E-state index contributed by atoms with van der Waals surface area (Å²) < 4.78 is 25.1. The highest BCUT2D eigenvalue weighted by Crippen LogP contribution is 2.23. The lowest BCUT2D eigenvalue weighted by Crippen LogP contribution is -2.54. The first kappa shape index (κ1) is 15.8. The number of hydrazine groups is 1. The number of nitrogen functional groups attached to an aromatic ring is 1. The number of rotatable bonds is 3. The average molecular weight is 308 g/mol. The van der Waals surface area contributed by atoms with E-state index in [0.29, 0.717) is 5.69 Å². The van der Waals surface area contributed by atoms with Crippen molar-refractivity contribution in [3.05, 3.63) is 23.8 Å². The number of nitriles is 1. The van der Waals surface area contributed by atoms with Crippen LogP contribution in [0.1, 0.15) is 38.7 Å². The molecule has 21 heavy (non-hydrogen) atoms. The second-order valence-corrected chi connectivity index (χ2v) is 7.13. The number of nitrogens with one attached hydrogen (secondary N) is 1. The minimum atomic E-state index is -3.79. The Balaban J connectivity index is 2.33. The largest absolute Gasteiger partial charge is 0.399 e. The third kappa shape index (κ3) is 3.35. The highest BCUT2D eigenvalue weighted by atomic mass is 32.2. The molecular formula is C14H20N4O2S. The van der Waals surface area contributed by atoms with Crippen molar-refractivity contribution < 1.29 is 8.42 Å². The fourth-order valence-corrected chi connectivity index (χ4v) is 4.04. The van der Waals surface area contributed by atoms with Gasteiger partial charge in [-0.2, -0.15) is 5.26 Å². The Hall–Kier alpha value is -1.62. The van der Waals surface area contributed by atoms with E-state index >= 15 is 0 Å². The van der Waals surface area contributed by atoms with Crippen molar-refractivity contribution in [2.24, 2.45) is 0 Å². The second kappa shape index (κ2) is 6.02. The summed E-state index contributed by atoms with van der Waals surface area (Å²) in [5.41, 5.74) is 6.02. The highest BCUT2D eigenvalue weighted by molar-refractivity contribution is 7.89. The minimum absolute atomic E-state index is 0.0378. The molecule has 1 saturated heterocycles. The van der Waals surface area contributed by atoms with Crippen LogP contribution in [0.3, 0.4) is 0 Å². The zero-order valence-electron chi connectivity index (χ0n) is 12.2. The number of hydrogen-bond donors (Lipinski definition) is 2. The van der Waals surface area contributed by atoms with Gasteiger partial charge in [0.15, 0.2) is 0 Å². The van der Waals surface area contributed by atoms with E-state index in [9.17, 15) is 8.42 Å². The van der Waals surface area contributed by atoms with Gasteiger partial charge < -0.3 is 5.73 Å². The standard InChI is InChI=1S/C14H20N4O2S/c1-10-4-3-5-11(2)18(10)17-21(19,20)14-7-6-13(16)8-12(14)9-15/h6-8,10-11,17H,3-5,16H2,1-2H3. The lowest BCUT2D eigenvalue weighted by molar-refractivity contribution is 0.0790. The first-order valence-corrected chi connectivity index (χ1v) is 8.44. The van der Waals surface area contributed by atoms with Crippen LogP contribution in [-0.2, 0) is 10.0 Å². The summed E-state index contributed by atoms with van der Waals surface area (Å²) in [5.74, 6) is 0.